The summed E-state index contributed by atoms with van der Waals surface area (Å²) in [6.07, 6.45) is 1.83. The van der Waals surface area contributed by atoms with E-state index in [0.29, 0.717) is 35.7 Å². The summed E-state index contributed by atoms with van der Waals surface area (Å²) in [4.78, 5) is 30.5. The number of aromatic nitrogens is 5. The SMILES string of the molecule is COCCn1c(C)cn2c3c(=O)n(Cc4ccc(F)cc4)c(=O)n(C)c3nc12. The zero-order valence-corrected chi connectivity index (χ0v) is 15.8. The minimum absolute atomic E-state index is 0.0539. The van der Waals surface area contributed by atoms with Crippen molar-refractivity contribution < 1.29 is 9.13 Å². The highest BCUT2D eigenvalue weighted by molar-refractivity contribution is 5.75. The van der Waals surface area contributed by atoms with Crippen LogP contribution in [0.1, 0.15) is 11.3 Å². The molecule has 0 bridgehead atoms. The van der Waals surface area contributed by atoms with Crippen LogP contribution in [0, 0.1) is 12.7 Å². The Labute approximate surface area is 159 Å². The van der Waals surface area contributed by atoms with E-state index in [1.165, 1.54) is 16.7 Å². The van der Waals surface area contributed by atoms with Gasteiger partial charge in [0, 0.05) is 32.6 Å². The molecule has 4 aromatic rings. The first-order chi connectivity index (χ1) is 13.4. The van der Waals surface area contributed by atoms with E-state index >= 15 is 0 Å². The summed E-state index contributed by atoms with van der Waals surface area (Å²) >= 11 is 0. The Morgan fingerprint density at radius 1 is 1.14 bits per heavy atom. The summed E-state index contributed by atoms with van der Waals surface area (Å²) in [5, 5.41) is 0. The lowest BCUT2D eigenvalue weighted by Crippen LogP contribution is -2.39. The second-order valence-corrected chi connectivity index (χ2v) is 6.73. The summed E-state index contributed by atoms with van der Waals surface area (Å²) < 4.78 is 24.5. The lowest BCUT2D eigenvalue weighted by molar-refractivity contribution is 0.187. The van der Waals surface area contributed by atoms with Crippen LogP contribution in [0.15, 0.2) is 40.1 Å². The number of benzene rings is 1. The zero-order chi connectivity index (χ0) is 20.0. The molecule has 0 amide bonds. The Balaban J connectivity index is 1.95. The molecule has 0 saturated heterocycles. The molecule has 0 aliphatic heterocycles. The van der Waals surface area contributed by atoms with E-state index in [0.717, 1.165) is 10.3 Å². The first kappa shape index (κ1) is 18.2. The lowest BCUT2D eigenvalue weighted by atomic mass is 10.2. The van der Waals surface area contributed by atoms with E-state index in [1.54, 1.807) is 30.7 Å². The van der Waals surface area contributed by atoms with Crippen molar-refractivity contribution in [2.75, 3.05) is 13.7 Å². The van der Waals surface area contributed by atoms with Crippen LogP contribution >= 0.6 is 0 Å². The van der Waals surface area contributed by atoms with Gasteiger partial charge in [0.1, 0.15) is 5.82 Å². The average Bonchev–Trinajstić information content (AvgIpc) is 3.18. The first-order valence-electron chi connectivity index (χ1n) is 8.83. The largest absolute Gasteiger partial charge is 0.383 e. The maximum Gasteiger partial charge on any atom is 0.332 e. The molecule has 0 aliphatic rings. The van der Waals surface area contributed by atoms with Gasteiger partial charge in [-0.15, -0.1) is 0 Å². The Morgan fingerprint density at radius 3 is 2.54 bits per heavy atom. The third-order valence-electron chi connectivity index (χ3n) is 4.91. The van der Waals surface area contributed by atoms with E-state index in [1.807, 2.05) is 17.7 Å². The molecule has 0 saturated carbocycles. The van der Waals surface area contributed by atoms with Gasteiger partial charge in [0.2, 0.25) is 5.78 Å². The smallest absolute Gasteiger partial charge is 0.332 e. The predicted molar refractivity (Wildman–Crippen MR) is 102 cm³/mol. The number of aryl methyl sites for hydroxylation is 2. The van der Waals surface area contributed by atoms with Gasteiger partial charge >= 0.3 is 5.69 Å². The van der Waals surface area contributed by atoms with Crippen LogP contribution in [0.3, 0.4) is 0 Å². The van der Waals surface area contributed by atoms with Crippen LogP contribution < -0.4 is 11.2 Å². The number of hydrogen-bond acceptors (Lipinski definition) is 4. The molecule has 0 spiro atoms. The maximum absolute atomic E-state index is 13.2. The summed E-state index contributed by atoms with van der Waals surface area (Å²) in [5.74, 6) is 0.209. The Bertz CT molecular complexity index is 1290. The summed E-state index contributed by atoms with van der Waals surface area (Å²) in [6.45, 7) is 3.06. The highest BCUT2D eigenvalue weighted by atomic mass is 19.1. The van der Waals surface area contributed by atoms with Gasteiger partial charge in [0.15, 0.2) is 11.2 Å². The number of ether oxygens (including phenoxy) is 1. The van der Waals surface area contributed by atoms with Gasteiger partial charge in [-0.05, 0) is 24.6 Å². The molecule has 8 nitrogen and oxygen atoms in total. The van der Waals surface area contributed by atoms with Crippen molar-refractivity contribution in [3.8, 4) is 0 Å². The minimum Gasteiger partial charge on any atom is -0.383 e. The molecule has 0 aliphatic carbocycles. The van der Waals surface area contributed by atoms with Crippen molar-refractivity contribution in [2.45, 2.75) is 20.0 Å². The molecule has 0 atom stereocenters. The highest BCUT2D eigenvalue weighted by Gasteiger charge is 2.20. The van der Waals surface area contributed by atoms with E-state index in [-0.39, 0.29) is 12.4 Å². The fraction of sp³-hybridized carbons (Fsp3) is 0.316. The van der Waals surface area contributed by atoms with Crippen LogP contribution in [-0.4, -0.2) is 36.8 Å². The summed E-state index contributed by atoms with van der Waals surface area (Å²) in [7, 11) is 3.21. The number of fused-ring (bicyclic) bond motifs is 3. The molecule has 4 rings (SSSR count). The first-order valence-corrected chi connectivity index (χ1v) is 8.83. The number of methoxy groups -OCH3 is 1. The van der Waals surface area contributed by atoms with Crippen LogP contribution in [-0.2, 0) is 24.9 Å². The topological polar surface area (TPSA) is 75.5 Å². The van der Waals surface area contributed by atoms with E-state index in [4.69, 9.17) is 4.74 Å². The van der Waals surface area contributed by atoms with Crippen LogP contribution in [0.2, 0.25) is 0 Å². The molecular weight excluding hydrogens is 365 g/mol. The monoisotopic (exact) mass is 385 g/mol. The zero-order valence-electron chi connectivity index (χ0n) is 15.8. The Hall–Kier alpha value is -3.20. The van der Waals surface area contributed by atoms with E-state index in [9.17, 15) is 14.0 Å². The normalized spacial score (nSPS) is 11.7. The van der Waals surface area contributed by atoms with Crippen molar-refractivity contribution in [3.05, 3.63) is 68.4 Å². The molecule has 0 unspecified atom stereocenters. The summed E-state index contributed by atoms with van der Waals surface area (Å²) in [6, 6.07) is 5.73. The number of imidazole rings is 2. The number of hydrogen-bond donors (Lipinski definition) is 0. The van der Waals surface area contributed by atoms with Crippen LogP contribution in [0.25, 0.3) is 16.9 Å². The summed E-state index contributed by atoms with van der Waals surface area (Å²) in [5.41, 5.74) is 1.35. The van der Waals surface area contributed by atoms with Crippen molar-refractivity contribution in [2.24, 2.45) is 7.05 Å². The molecule has 0 N–H and O–H groups in total. The molecule has 28 heavy (non-hydrogen) atoms. The van der Waals surface area contributed by atoms with Gasteiger partial charge in [0.05, 0.1) is 13.2 Å². The lowest BCUT2D eigenvalue weighted by Gasteiger charge is -2.08. The molecule has 9 heteroatoms. The highest BCUT2D eigenvalue weighted by Crippen LogP contribution is 2.16. The Kier molecular flexibility index (Phi) is 4.38. The third kappa shape index (κ3) is 2.75. The standard InChI is InChI=1S/C19H20FN5O3/c1-12-10-24-15-16(21-18(24)23(12)8-9-28-3)22(2)19(27)25(17(15)26)11-13-4-6-14(20)7-5-13/h4-7,10H,8-9,11H2,1-3H3. The third-order valence-corrected chi connectivity index (χ3v) is 4.91. The van der Waals surface area contributed by atoms with Gasteiger partial charge in [-0.25, -0.2) is 9.18 Å². The van der Waals surface area contributed by atoms with Gasteiger partial charge < -0.3 is 9.30 Å². The van der Waals surface area contributed by atoms with Crippen molar-refractivity contribution in [1.82, 2.24) is 23.1 Å². The number of nitrogens with zero attached hydrogens (tertiary/aromatic N) is 5. The van der Waals surface area contributed by atoms with Crippen LogP contribution in [0.5, 0.6) is 0 Å². The molecule has 146 valence electrons. The number of halogens is 1. The van der Waals surface area contributed by atoms with E-state index in [2.05, 4.69) is 4.98 Å². The van der Waals surface area contributed by atoms with Crippen molar-refractivity contribution in [1.29, 1.82) is 0 Å². The second kappa shape index (κ2) is 6.75. The number of rotatable bonds is 5. The molecule has 0 fully saturated rings. The van der Waals surface area contributed by atoms with Gasteiger partial charge in [-0.1, -0.05) is 12.1 Å². The fourth-order valence-corrected chi connectivity index (χ4v) is 3.43. The van der Waals surface area contributed by atoms with Gasteiger partial charge in [-0.2, -0.15) is 4.98 Å². The second-order valence-electron chi connectivity index (χ2n) is 6.73. The van der Waals surface area contributed by atoms with Crippen LogP contribution in [0.4, 0.5) is 4.39 Å². The van der Waals surface area contributed by atoms with Crippen molar-refractivity contribution >= 4 is 16.9 Å². The predicted octanol–water partition coefficient (Wildman–Crippen LogP) is 1.29. The quantitative estimate of drug-likeness (QED) is 0.519. The van der Waals surface area contributed by atoms with Crippen molar-refractivity contribution in [3.63, 3.8) is 0 Å². The average molecular weight is 385 g/mol. The Morgan fingerprint density at radius 2 is 1.86 bits per heavy atom. The molecule has 0 radical (unpaired) electrons. The molecule has 1 aromatic carbocycles. The molecule has 3 aromatic heterocycles. The fourth-order valence-electron chi connectivity index (χ4n) is 3.43. The molecule has 3 heterocycles. The molecular formula is C19H20FN5O3. The van der Waals surface area contributed by atoms with Gasteiger partial charge in [-0.3, -0.25) is 18.3 Å². The van der Waals surface area contributed by atoms with E-state index < -0.39 is 11.2 Å². The van der Waals surface area contributed by atoms with Gasteiger partial charge in [0.25, 0.3) is 5.56 Å². The minimum atomic E-state index is -0.470. The maximum atomic E-state index is 13.2.